The first-order chi connectivity index (χ1) is 13.2. The monoisotopic (exact) mass is 371 g/mol. The van der Waals surface area contributed by atoms with Gasteiger partial charge in [0, 0.05) is 37.4 Å². The fourth-order valence-electron chi connectivity index (χ4n) is 4.34. The Morgan fingerprint density at radius 3 is 2.67 bits per heavy atom. The molecule has 0 unspecified atom stereocenters. The maximum Gasteiger partial charge on any atom is 0.224 e. The molecule has 27 heavy (non-hydrogen) atoms. The van der Waals surface area contributed by atoms with Crippen molar-refractivity contribution in [2.75, 3.05) is 13.1 Å². The average molecular weight is 372 g/mol. The zero-order valence-electron chi connectivity index (χ0n) is 16.4. The Kier molecular flexibility index (Phi) is 7.66. The topological polar surface area (TPSA) is 62.3 Å². The van der Waals surface area contributed by atoms with Gasteiger partial charge < -0.3 is 10.2 Å². The van der Waals surface area contributed by atoms with E-state index in [2.05, 4.69) is 10.3 Å². The lowest BCUT2D eigenvalue weighted by Gasteiger charge is -2.37. The summed E-state index contributed by atoms with van der Waals surface area (Å²) in [5.74, 6) is 0.335. The molecule has 1 aromatic rings. The van der Waals surface area contributed by atoms with Gasteiger partial charge in [0.05, 0.1) is 5.92 Å². The third kappa shape index (κ3) is 6.05. The molecule has 0 aromatic carbocycles. The molecule has 1 aliphatic heterocycles. The summed E-state index contributed by atoms with van der Waals surface area (Å²) in [5.41, 5.74) is 1.11. The van der Waals surface area contributed by atoms with Crippen molar-refractivity contribution in [1.29, 1.82) is 0 Å². The van der Waals surface area contributed by atoms with Crippen LogP contribution >= 0.6 is 0 Å². The molecule has 1 saturated heterocycles. The minimum absolute atomic E-state index is 0.0401. The summed E-state index contributed by atoms with van der Waals surface area (Å²) in [5, 5.41) is 3.09. The van der Waals surface area contributed by atoms with Gasteiger partial charge in [0.15, 0.2) is 0 Å². The number of piperidine rings is 1. The number of hydrogen-bond acceptors (Lipinski definition) is 3. The number of aromatic nitrogens is 1. The number of rotatable bonds is 7. The summed E-state index contributed by atoms with van der Waals surface area (Å²) < 4.78 is 0. The zero-order valence-corrected chi connectivity index (χ0v) is 16.4. The van der Waals surface area contributed by atoms with Crippen LogP contribution in [0, 0.1) is 5.92 Å². The highest BCUT2D eigenvalue weighted by Gasteiger charge is 2.34. The molecule has 2 heterocycles. The molecular formula is C22H33N3O2. The van der Waals surface area contributed by atoms with E-state index in [4.69, 9.17) is 0 Å². The standard InChI is InChI=1S/C22H33N3O2/c26-21-14-13-18(17-25(21)20-11-3-1-2-4-12-20)22(27)24-16-8-6-10-19-9-5-7-15-23-19/h5,7,9,15,18,20H,1-4,6,8,10-14,16-17H2,(H,24,27)/t18-/m0/s1. The molecule has 2 aliphatic rings. The predicted octanol–water partition coefficient (Wildman–Crippen LogP) is 3.48. The lowest BCUT2D eigenvalue weighted by atomic mass is 9.93. The first-order valence-electron chi connectivity index (χ1n) is 10.7. The van der Waals surface area contributed by atoms with Gasteiger partial charge in [0.2, 0.25) is 11.8 Å². The van der Waals surface area contributed by atoms with E-state index < -0.39 is 0 Å². The second-order valence-electron chi connectivity index (χ2n) is 8.00. The Morgan fingerprint density at radius 1 is 1.11 bits per heavy atom. The van der Waals surface area contributed by atoms with Crippen LogP contribution < -0.4 is 5.32 Å². The second kappa shape index (κ2) is 10.4. The predicted molar refractivity (Wildman–Crippen MR) is 106 cm³/mol. The van der Waals surface area contributed by atoms with E-state index in [9.17, 15) is 9.59 Å². The summed E-state index contributed by atoms with van der Waals surface area (Å²) in [6, 6.07) is 6.33. The fourth-order valence-corrected chi connectivity index (χ4v) is 4.34. The smallest absolute Gasteiger partial charge is 0.224 e. The number of carbonyl (C=O) groups is 2. The van der Waals surface area contributed by atoms with Crippen LogP contribution in [0.2, 0.25) is 0 Å². The van der Waals surface area contributed by atoms with Crippen molar-refractivity contribution < 1.29 is 9.59 Å². The van der Waals surface area contributed by atoms with Crippen LogP contribution in [0.25, 0.3) is 0 Å². The minimum atomic E-state index is -0.0401. The zero-order chi connectivity index (χ0) is 18.9. The Morgan fingerprint density at radius 2 is 1.93 bits per heavy atom. The molecule has 2 amide bonds. The van der Waals surface area contributed by atoms with E-state index in [1.807, 2.05) is 29.3 Å². The molecule has 0 bridgehead atoms. The average Bonchev–Trinajstić information content (AvgIpc) is 2.98. The van der Waals surface area contributed by atoms with E-state index in [1.54, 1.807) is 0 Å². The first kappa shape index (κ1) is 19.8. The summed E-state index contributed by atoms with van der Waals surface area (Å²) in [7, 11) is 0. The number of unbranched alkanes of at least 4 members (excludes halogenated alkanes) is 1. The van der Waals surface area contributed by atoms with Crippen LogP contribution in [0.1, 0.15) is 69.9 Å². The van der Waals surface area contributed by atoms with Crippen molar-refractivity contribution in [2.24, 2.45) is 5.92 Å². The molecule has 1 saturated carbocycles. The SMILES string of the molecule is O=C(NCCCCc1ccccn1)[C@H]1CCC(=O)N(C2CCCCCC2)C1. The number of amides is 2. The molecule has 1 aromatic heterocycles. The summed E-state index contributed by atoms with van der Waals surface area (Å²) >= 11 is 0. The third-order valence-electron chi connectivity index (χ3n) is 5.97. The number of aryl methyl sites for hydroxylation is 1. The van der Waals surface area contributed by atoms with Crippen molar-refractivity contribution in [3.05, 3.63) is 30.1 Å². The maximum absolute atomic E-state index is 12.6. The molecule has 1 atom stereocenters. The van der Waals surface area contributed by atoms with Crippen molar-refractivity contribution in [3.8, 4) is 0 Å². The third-order valence-corrected chi connectivity index (χ3v) is 5.97. The van der Waals surface area contributed by atoms with Crippen molar-refractivity contribution in [2.45, 2.75) is 76.7 Å². The Labute approximate surface area is 162 Å². The molecule has 5 heteroatoms. The molecule has 5 nitrogen and oxygen atoms in total. The van der Waals surface area contributed by atoms with E-state index in [-0.39, 0.29) is 17.7 Å². The van der Waals surface area contributed by atoms with Crippen LogP contribution in [0.3, 0.4) is 0 Å². The largest absolute Gasteiger partial charge is 0.356 e. The van der Waals surface area contributed by atoms with Crippen LogP contribution in [0.5, 0.6) is 0 Å². The van der Waals surface area contributed by atoms with Gasteiger partial charge in [0.1, 0.15) is 0 Å². The van der Waals surface area contributed by atoms with Gasteiger partial charge in [0.25, 0.3) is 0 Å². The molecule has 1 aliphatic carbocycles. The van der Waals surface area contributed by atoms with Gasteiger partial charge in [-0.15, -0.1) is 0 Å². The highest BCUT2D eigenvalue weighted by molar-refractivity contribution is 5.84. The number of hydrogen-bond donors (Lipinski definition) is 1. The van der Waals surface area contributed by atoms with Gasteiger partial charge in [-0.3, -0.25) is 14.6 Å². The van der Waals surface area contributed by atoms with E-state index >= 15 is 0 Å². The van der Waals surface area contributed by atoms with Crippen LogP contribution in [-0.4, -0.2) is 40.8 Å². The highest BCUT2D eigenvalue weighted by Crippen LogP contribution is 2.27. The Bertz CT molecular complexity index is 597. The van der Waals surface area contributed by atoms with Gasteiger partial charge >= 0.3 is 0 Å². The van der Waals surface area contributed by atoms with Gasteiger partial charge in [-0.2, -0.15) is 0 Å². The number of likely N-dealkylation sites (tertiary alicyclic amines) is 1. The van der Waals surface area contributed by atoms with Crippen LogP contribution in [0.4, 0.5) is 0 Å². The minimum Gasteiger partial charge on any atom is -0.356 e. The molecular weight excluding hydrogens is 338 g/mol. The van der Waals surface area contributed by atoms with Gasteiger partial charge in [-0.25, -0.2) is 0 Å². The number of nitrogens with one attached hydrogen (secondary N) is 1. The first-order valence-corrected chi connectivity index (χ1v) is 10.7. The van der Waals surface area contributed by atoms with Crippen LogP contribution in [0.15, 0.2) is 24.4 Å². The van der Waals surface area contributed by atoms with Crippen molar-refractivity contribution in [3.63, 3.8) is 0 Å². The number of nitrogens with zero attached hydrogens (tertiary/aromatic N) is 2. The van der Waals surface area contributed by atoms with Crippen LogP contribution in [-0.2, 0) is 16.0 Å². The van der Waals surface area contributed by atoms with Gasteiger partial charge in [-0.1, -0.05) is 31.7 Å². The molecule has 3 rings (SSSR count). The van der Waals surface area contributed by atoms with Gasteiger partial charge in [-0.05, 0) is 50.7 Å². The normalized spacial score (nSPS) is 21.7. The molecule has 1 N–H and O–H groups in total. The highest BCUT2D eigenvalue weighted by atomic mass is 16.2. The lowest BCUT2D eigenvalue weighted by molar-refractivity contribution is -0.141. The number of pyridine rings is 1. The molecule has 0 spiro atoms. The molecule has 0 radical (unpaired) electrons. The summed E-state index contributed by atoms with van der Waals surface area (Å²) in [6.45, 7) is 1.32. The lowest BCUT2D eigenvalue weighted by Crippen LogP contribution is -2.50. The Balaban J connectivity index is 1.39. The van der Waals surface area contributed by atoms with E-state index in [0.717, 1.165) is 37.8 Å². The van der Waals surface area contributed by atoms with Crippen molar-refractivity contribution in [1.82, 2.24) is 15.2 Å². The van der Waals surface area contributed by atoms with E-state index in [1.165, 1.54) is 25.7 Å². The number of carbonyl (C=O) groups excluding carboxylic acids is 2. The maximum atomic E-state index is 12.6. The summed E-state index contributed by atoms with van der Waals surface area (Å²) in [6.07, 6.45) is 13.2. The van der Waals surface area contributed by atoms with E-state index in [0.29, 0.717) is 32.0 Å². The second-order valence-corrected chi connectivity index (χ2v) is 8.00. The molecule has 148 valence electrons. The molecule has 2 fully saturated rings. The summed E-state index contributed by atoms with van der Waals surface area (Å²) in [4.78, 5) is 31.3. The quantitative estimate of drug-likeness (QED) is 0.589. The fraction of sp³-hybridized carbons (Fsp3) is 0.682. The Hall–Kier alpha value is -1.91. The van der Waals surface area contributed by atoms with Crippen molar-refractivity contribution >= 4 is 11.8 Å².